The highest BCUT2D eigenvalue weighted by Gasteiger charge is 2.33. The lowest BCUT2D eigenvalue weighted by molar-refractivity contribution is -0.151. The van der Waals surface area contributed by atoms with E-state index in [0.717, 1.165) is 0 Å². The van der Waals surface area contributed by atoms with Gasteiger partial charge in [0.25, 0.3) is 0 Å². The van der Waals surface area contributed by atoms with Crippen molar-refractivity contribution in [2.45, 2.75) is 26.1 Å². The number of morpholine rings is 1. The Bertz CT molecular complexity index is 767. The third kappa shape index (κ3) is 3.86. The molecular weight excluding hydrogens is 330 g/mol. The number of anilines is 3. The number of nitrogen functional groups attached to an aromatic ring is 1. The Balaban J connectivity index is 1.92. The van der Waals surface area contributed by atoms with Crippen LogP contribution in [0.4, 0.5) is 17.1 Å². The minimum Gasteiger partial charge on any atom is -0.399 e. The molecule has 26 heavy (non-hydrogen) atoms. The molecule has 0 radical (unpaired) electrons. The van der Waals surface area contributed by atoms with E-state index >= 15 is 0 Å². The molecular formula is C20H23N3O3. The third-order valence-electron chi connectivity index (χ3n) is 4.26. The van der Waals surface area contributed by atoms with Crippen LogP contribution in [0.5, 0.6) is 0 Å². The van der Waals surface area contributed by atoms with E-state index in [1.54, 1.807) is 41.3 Å². The van der Waals surface area contributed by atoms with Gasteiger partial charge in [-0.05, 0) is 50.2 Å². The number of hydrogen-bond acceptors (Lipinski definition) is 4. The molecule has 0 aromatic heterocycles. The first-order chi connectivity index (χ1) is 12.5. The maximum Gasteiger partial charge on any atom is 0.321 e. The quantitative estimate of drug-likeness (QED) is 0.665. The van der Waals surface area contributed by atoms with Crippen molar-refractivity contribution in [3.8, 4) is 0 Å². The van der Waals surface area contributed by atoms with E-state index in [1.807, 2.05) is 32.0 Å². The summed E-state index contributed by atoms with van der Waals surface area (Å²) in [6.45, 7) is 4.60. The fourth-order valence-corrected chi connectivity index (χ4v) is 3.16. The van der Waals surface area contributed by atoms with E-state index in [0.29, 0.717) is 30.2 Å². The topological polar surface area (TPSA) is 75.9 Å². The molecule has 136 valence electrons. The van der Waals surface area contributed by atoms with Crippen LogP contribution >= 0.6 is 0 Å². The number of para-hydroxylation sites is 1. The van der Waals surface area contributed by atoms with Crippen LogP contribution < -0.4 is 10.6 Å². The second-order valence-corrected chi connectivity index (χ2v) is 6.54. The van der Waals surface area contributed by atoms with Gasteiger partial charge in [0.05, 0.1) is 12.2 Å². The summed E-state index contributed by atoms with van der Waals surface area (Å²) in [5, 5.41) is 0. The van der Waals surface area contributed by atoms with Crippen LogP contribution in [0, 0.1) is 0 Å². The number of nitrogens with zero attached hydrogens (tertiary/aromatic N) is 2. The SMILES string of the molecule is CC1CN(C(=O)C(=O)N(c2ccccc2)c2ccc(N)cc2)CC(C)O1. The van der Waals surface area contributed by atoms with Crippen molar-refractivity contribution in [1.29, 1.82) is 0 Å². The van der Waals surface area contributed by atoms with E-state index in [9.17, 15) is 9.59 Å². The molecule has 6 heteroatoms. The number of carbonyl (C=O) groups excluding carboxylic acids is 2. The van der Waals surface area contributed by atoms with Gasteiger partial charge < -0.3 is 15.4 Å². The minimum atomic E-state index is -0.595. The molecule has 2 amide bonds. The number of rotatable bonds is 2. The van der Waals surface area contributed by atoms with E-state index in [4.69, 9.17) is 10.5 Å². The Kier molecular flexibility index (Phi) is 5.23. The summed E-state index contributed by atoms with van der Waals surface area (Å²) in [5.74, 6) is -1.13. The first-order valence-electron chi connectivity index (χ1n) is 8.65. The summed E-state index contributed by atoms with van der Waals surface area (Å²) in [5.41, 5.74) is 7.58. The lowest BCUT2D eigenvalue weighted by Gasteiger charge is -2.36. The van der Waals surface area contributed by atoms with Crippen LogP contribution in [0.1, 0.15) is 13.8 Å². The molecule has 2 unspecified atom stereocenters. The van der Waals surface area contributed by atoms with Crippen molar-refractivity contribution in [1.82, 2.24) is 4.90 Å². The highest BCUT2D eigenvalue weighted by molar-refractivity contribution is 6.42. The van der Waals surface area contributed by atoms with E-state index in [1.165, 1.54) is 4.90 Å². The second kappa shape index (κ2) is 7.58. The van der Waals surface area contributed by atoms with Crippen molar-refractivity contribution in [2.75, 3.05) is 23.7 Å². The van der Waals surface area contributed by atoms with Gasteiger partial charge in [-0.25, -0.2) is 0 Å². The zero-order chi connectivity index (χ0) is 18.7. The van der Waals surface area contributed by atoms with Gasteiger partial charge in [0.15, 0.2) is 0 Å². The van der Waals surface area contributed by atoms with Gasteiger partial charge in [-0.3, -0.25) is 14.5 Å². The molecule has 3 rings (SSSR count). The fourth-order valence-electron chi connectivity index (χ4n) is 3.16. The summed E-state index contributed by atoms with van der Waals surface area (Å²) in [4.78, 5) is 29.0. The molecule has 2 aromatic rings. The maximum atomic E-state index is 13.1. The summed E-state index contributed by atoms with van der Waals surface area (Å²) >= 11 is 0. The van der Waals surface area contributed by atoms with Gasteiger partial charge in [0, 0.05) is 30.2 Å². The van der Waals surface area contributed by atoms with Gasteiger partial charge in [0.1, 0.15) is 0 Å². The number of nitrogens with two attached hydrogens (primary N) is 1. The zero-order valence-corrected chi connectivity index (χ0v) is 15.0. The molecule has 1 aliphatic heterocycles. The van der Waals surface area contributed by atoms with Crippen LogP contribution in [0.3, 0.4) is 0 Å². The van der Waals surface area contributed by atoms with Gasteiger partial charge in [-0.15, -0.1) is 0 Å². The van der Waals surface area contributed by atoms with Crippen LogP contribution in [0.2, 0.25) is 0 Å². The molecule has 2 atom stereocenters. The fraction of sp³-hybridized carbons (Fsp3) is 0.300. The second-order valence-electron chi connectivity index (χ2n) is 6.54. The monoisotopic (exact) mass is 353 g/mol. The molecule has 0 saturated carbocycles. The number of ether oxygens (including phenoxy) is 1. The Labute approximate surface area is 153 Å². The third-order valence-corrected chi connectivity index (χ3v) is 4.26. The number of benzene rings is 2. The van der Waals surface area contributed by atoms with Crippen molar-refractivity contribution in [3.63, 3.8) is 0 Å². The maximum absolute atomic E-state index is 13.1. The molecule has 0 bridgehead atoms. The van der Waals surface area contributed by atoms with E-state index in [-0.39, 0.29) is 12.2 Å². The van der Waals surface area contributed by atoms with Crippen molar-refractivity contribution < 1.29 is 14.3 Å². The Morgan fingerprint density at radius 1 is 0.962 bits per heavy atom. The molecule has 0 aliphatic carbocycles. The smallest absolute Gasteiger partial charge is 0.321 e. The molecule has 1 aliphatic rings. The normalized spacial score (nSPS) is 19.8. The Morgan fingerprint density at radius 3 is 2.08 bits per heavy atom. The summed E-state index contributed by atoms with van der Waals surface area (Å²) in [6.07, 6.45) is -0.200. The van der Waals surface area contributed by atoms with Crippen LogP contribution in [0.25, 0.3) is 0 Å². The molecule has 0 spiro atoms. The number of carbonyl (C=O) groups is 2. The first-order valence-corrected chi connectivity index (χ1v) is 8.65. The molecule has 1 saturated heterocycles. The largest absolute Gasteiger partial charge is 0.399 e. The van der Waals surface area contributed by atoms with E-state index in [2.05, 4.69) is 0 Å². The average molecular weight is 353 g/mol. The molecule has 1 heterocycles. The molecule has 2 aromatic carbocycles. The Morgan fingerprint density at radius 2 is 1.50 bits per heavy atom. The molecule has 2 N–H and O–H groups in total. The highest BCUT2D eigenvalue weighted by atomic mass is 16.5. The van der Waals surface area contributed by atoms with Crippen molar-refractivity contribution in [2.24, 2.45) is 0 Å². The standard InChI is InChI=1S/C20H23N3O3/c1-14-12-22(13-15(2)26-14)19(24)20(25)23(17-6-4-3-5-7-17)18-10-8-16(21)9-11-18/h3-11,14-15H,12-13,21H2,1-2H3. The summed E-state index contributed by atoms with van der Waals surface area (Å²) < 4.78 is 5.66. The summed E-state index contributed by atoms with van der Waals surface area (Å²) in [6, 6.07) is 16.0. The van der Waals surface area contributed by atoms with Gasteiger partial charge in [0.2, 0.25) is 0 Å². The van der Waals surface area contributed by atoms with Crippen molar-refractivity contribution in [3.05, 3.63) is 54.6 Å². The predicted octanol–water partition coefficient (Wildman–Crippen LogP) is 2.57. The summed E-state index contributed by atoms with van der Waals surface area (Å²) in [7, 11) is 0. The minimum absolute atomic E-state index is 0.0998. The zero-order valence-electron chi connectivity index (χ0n) is 15.0. The molecule has 6 nitrogen and oxygen atoms in total. The number of amides is 2. The van der Waals surface area contributed by atoms with Crippen LogP contribution in [-0.2, 0) is 14.3 Å². The van der Waals surface area contributed by atoms with Gasteiger partial charge in [-0.1, -0.05) is 18.2 Å². The van der Waals surface area contributed by atoms with E-state index < -0.39 is 11.8 Å². The lowest BCUT2D eigenvalue weighted by Crippen LogP contribution is -2.52. The predicted molar refractivity (Wildman–Crippen MR) is 101 cm³/mol. The van der Waals surface area contributed by atoms with Crippen molar-refractivity contribution >= 4 is 28.9 Å². The van der Waals surface area contributed by atoms with Crippen LogP contribution in [-0.4, -0.2) is 42.0 Å². The first kappa shape index (κ1) is 17.9. The highest BCUT2D eigenvalue weighted by Crippen LogP contribution is 2.27. The van der Waals surface area contributed by atoms with Crippen LogP contribution in [0.15, 0.2) is 54.6 Å². The number of hydrogen-bond donors (Lipinski definition) is 1. The van der Waals surface area contributed by atoms with Gasteiger partial charge in [-0.2, -0.15) is 0 Å². The molecule has 1 fully saturated rings. The average Bonchev–Trinajstić information content (AvgIpc) is 2.63. The van der Waals surface area contributed by atoms with Gasteiger partial charge >= 0.3 is 11.8 Å². The lowest BCUT2D eigenvalue weighted by atomic mass is 10.2. The Hall–Kier alpha value is -2.86.